The molecule has 0 radical (unpaired) electrons. The van der Waals surface area contributed by atoms with E-state index in [1.54, 1.807) is 19.1 Å². The minimum Gasteiger partial charge on any atom is -0.464 e. The number of aromatic nitrogens is 2. The first kappa shape index (κ1) is 15.7. The second-order valence-corrected chi connectivity index (χ2v) is 5.47. The summed E-state index contributed by atoms with van der Waals surface area (Å²) in [7, 11) is 1.27. The molecule has 2 amide bonds. The molecule has 8 nitrogen and oxygen atoms in total. The number of hydrogen-bond acceptors (Lipinski definition) is 5. The van der Waals surface area contributed by atoms with Crippen molar-refractivity contribution in [2.24, 2.45) is 0 Å². The molecule has 0 saturated heterocycles. The lowest BCUT2D eigenvalue weighted by molar-refractivity contribution is -0.116. The van der Waals surface area contributed by atoms with Crippen LogP contribution in [0.3, 0.4) is 0 Å². The van der Waals surface area contributed by atoms with Gasteiger partial charge in [0.2, 0.25) is 5.91 Å². The maximum absolute atomic E-state index is 12.4. The molecule has 2 aromatic heterocycles. The molecule has 3 N–H and O–H groups in total. The molecule has 124 valence electrons. The van der Waals surface area contributed by atoms with E-state index in [2.05, 4.69) is 25.3 Å². The van der Waals surface area contributed by atoms with E-state index in [0.29, 0.717) is 29.9 Å². The van der Waals surface area contributed by atoms with Gasteiger partial charge in [-0.2, -0.15) is 0 Å². The summed E-state index contributed by atoms with van der Waals surface area (Å²) in [6, 6.07) is 3.34. The van der Waals surface area contributed by atoms with Gasteiger partial charge in [0.05, 0.1) is 18.4 Å². The van der Waals surface area contributed by atoms with Crippen molar-refractivity contribution in [1.82, 2.24) is 9.97 Å². The number of aryl methyl sites for hydroxylation is 2. The summed E-state index contributed by atoms with van der Waals surface area (Å²) >= 11 is 0. The van der Waals surface area contributed by atoms with Crippen LogP contribution in [0, 0.1) is 6.92 Å². The molecule has 2 aromatic rings. The molecular weight excluding hydrogens is 312 g/mol. The average molecular weight is 328 g/mol. The fraction of sp³-hybridized carbons (Fsp3) is 0.250. The summed E-state index contributed by atoms with van der Waals surface area (Å²) in [5.74, 6) is -0.565. The normalized spacial score (nSPS) is 13.0. The van der Waals surface area contributed by atoms with Crippen LogP contribution in [0.25, 0.3) is 0 Å². The molecule has 24 heavy (non-hydrogen) atoms. The summed E-state index contributed by atoms with van der Waals surface area (Å²) in [5, 5.41) is 5.34. The number of fused-ring (bicyclic) bond motifs is 1. The highest BCUT2D eigenvalue weighted by atomic mass is 16.5. The van der Waals surface area contributed by atoms with Gasteiger partial charge in [-0.25, -0.2) is 9.78 Å². The van der Waals surface area contributed by atoms with E-state index < -0.39 is 11.9 Å². The van der Waals surface area contributed by atoms with Crippen molar-refractivity contribution in [3.63, 3.8) is 0 Å². The number of amides is 2. The van der Waals surface area contributed by atoms with Crippen LogP contribution in [-0.2, 0) is 16.0 Å². The van der Waals surface area contributed by atoms with Crippen molar-refractivity contribution >= 4 is 29.3 Å². The predicted molar refractivity (Wildman–Crippen MR) is 86.0 cm³/mol. The van der Waals surface area contributed by atoms with E-state index in [9.17, 15) is 14.4 Å². The van der Waals surface area contributed by atoms with Crippen LogP contribution in [0.1, 0.15) is 38.5 Å². The number of carbonyl (C=O) groups is 3. The van der Waals surface area contributed by atoms with Crippen molar-refractivity contribution in [2.75, 3.05) is 17.7 Å². The predicted octanol–water partition coefficient (Wildman–Crippen LogP) is 1.64. The number of hydrogen-bond donors (Lipinski definition) is 3. The molecule has 0 aromatic carbocycles. The lowest BCUT2D eigenvalue weighted by Crippen LogP contribution is -2.21. The third-order valence-electron chi connectivity index (χ3n) is 3.70. The summed E-state index contributed by atoms with van der Waals surface area (Å²) in [6.07, 6.45) is 2.28. The molecule has 0 aliphatic carbocycles. The van der Waals surface area contributed by atoms with E-state index in [1.807, 2.05) is 0 Å². The molecule has 1 aliphatic heterocycles. The summed E-state index contributed by atoms with van der Waals surface area (Å²) in [6.45, 7) is 1.77. The third-order valence-corrected chi connectivity index (χ3v) is 3.70. The van der Waals surface area contributed by atoms with E-state index in [0.717, 1.165) is 11.3 Å². The second-order valence-electron chi connectivity index (χ2n) is 5.47. The largest absolute Gasteiger partial charge is 0.464 e. The van der Waals surface area contributed by atoms with Crippen molar-refractivity contribution in [1.29, 1.82) is 0 Å². The topological polar surface area (TPSA) is 113 Å². The van der Waals surface area contributed by atoms with Crippen molar-refractivity contribution in [3.05, 3.63) is 40.8 Å². The quantitative estimate of drug-likeness (QED) is 0.741. The number of nitrogens with zero attached hydrogens (tertiary/aromatic N) is 1. The first-order valence-corrected chi connectivity index (χ1v) is 7.36. The SMILES string of the molecule is COC(=O)c1[nH]c(C)cc1NC(=O)c1cnc2c(c1)CCC(=O)N2. The Morgan fingerprint density at radius 2 is 2.08 bits per heavy atom. The van der Waals surface area contributed by atoms with Gasteiger partial charge in [-0.05, 0) is 31.0 Å². The van der Waals surface area contributed by atoms with E-state index in [-0.39, 0.29) is 11.6 Å². The highest BCUT2D eigenvalue weighted by Crippen LogP contribution is 2.22. The fourth-order valence-corrected chi connectivity index (χ4v) is 2.53. The smallest absolute Gasteiger partial charge is 0.356 e. The van der Waals surface area contributed by atoms with Crippen LogP contribution in [-0.4, -0.2) is 34.9 Å². The number of methoxy groups -OCH3 is 1. The summed E-state index contributed by atoms with van der Waals surface area (Å²) < 4.78 is 4.69. The zero-order valence-corrected chi connectivity index (χ0v) is 13.2. The summed E-state index contributed by atoms with van der Waals surface area (Å²) in [4.78, 5) is 42.5. The number of nitrogens with one attached hydrogen (secondary N) is 3. The Balaban J connectivity index is 1.83. The van der Waals surface area contributed by atoms with Crippen molar-refractivity contribution in [3.8, 4) is 0 Å². The minimum absolute atomic E-state index is 0.0854. The number of carbonyl (C=O) groups excluding carboxylic acids is 3. The van der Waals surface area contributed by atoms with Crippen LogP contribution in [0.15, 0.2) is 18.3 Å². The van der Waals surface area contributed by atoms with Gasteiger partial charge in [-0.15, -0.1) is 0 Å². The van der Waals surface area contributed by atoms with Gasteiger partial charge in [0.15, 0.2) is 0 Å². The Bertz CT molecular complexity index is 841. The van der Waals surface area contributed by atoms with E-state index >= 15 is 0 Å². The lowest BCUT2D eigenvalue weighted by Gasteiger charge is -2.16. The summed E-state index contributed by atoms with van der Waals surface area (Å²) in [5.41, 5.74) is 2.40. The number of pyridine rings is 1. The fourth-order valence-electron chi connectivity index (χ4n) is 2.53. The van der Waals surface area contributed by atoms with Gasteiger partial charge in [0.1, 0.15) is 11.5 Å². The number of ether oxygens (including phenoxy) is 1. The lowest BCUT2D eigenvalue weighted by atomic mass is 10.0. The first-order chi connectivity index (χ1) is 11.5. The van der Waals surface area contributed by atoms with Crippen molar-refractivity contribution in [2.45, 2.75) is 19.8 Å². The Morgan fingerprint density at radius 3 is 2.83 bits per heavy atom. The molecule has 0 fully saturated rings. The number of rotatable bonds is 3. The van der Waals surface area contributed by atoms with E-state index in [1.165, 1.54) is 13.3 Å². The molecule has 3 heterocycles. The molecule has 0 spiro atoms. The van der Waals surface area contributed by atoms with Crippen LogP contribution in [0.4, 0.5) is 11.5 Å². The minimum atomic E-state index is -0.565. The van der Waals surface area contributed by atoms with Crippen LogP contribution >= 0.6 is 0 Å². The average Bonchev–Trinajstić information content (AvgIpc) is 2.93. The monoisotopic (exact) mass is 328 g/mol. The molecule has 0 bridgehead atoms. The molecule has 8 heteroatoms. The molecule has 0 saturated carbocycles. The maximum Gasteiger partial charge on any atom is 0.356 e. The number of esters is 1. The second kappa shape index (κ2) is 6.15. The van der Waals surface area contributed by atoms with Crippen molar-refractivity contribution < 1.29 is 19.1 Å². The molecule has 0 atom stereocenters. The third kappa shape index (κ3) is 2.98. The first-order valence-electron chi connectivity index (χ1n) is 7.36. The van der Waals surface area contributed by atoms with Gasteiger partial charge in [-0.3, -0.25) is 9.59 Å². The maximum atomic E-state index is 12.4. The standard InChI is InChI=1S/C16H16N4O4/c1-8-5-11(13(18-8)16(23)24-2)19-15(22)10-6-9-3-4-12(21)20-14(9)17-7-10/h5-7,18H,3-4H2,1-2H3,(H,19,22)(H,17,20,21). The Kier molecular flexibility index (Phi) is 4.03. The molecule has 1 aliphatic rings. The Labute approximate surface area is 137 Å². The van der Waals surface area contributed by atoms with Gasteiger partial charge in [0.25, 0.3) is 5.91 Å². The molecule has 3 rings (SSSR count). The Morgan fingerprint density at radius 1 is 1.29 bits per heavy atom. The Hall–Kier alpha value is -3.16. The zero-order chi connectivity index (χ0) is 17.3. The molecular formula is C16H16N4O4. The zero-order valence-electron chi connectivity index (χ0n) is 13.2. The van der Waals surface area contributed by atoms with Crippen LogP contribution < -0.4 is 10.6 Å². The van der Waals surface area contributed by atoms with Gasteiger partial charge in [-0.1, -0.05) is 0 Å². The van der Waals surface area contributed by atoms with Gasteiger partial charge >= 0.3 is 5.97 Å². The number of H-pyrrole nitrogens is 1. The van der Waals surface area contributed by atoms with Crippen LogP contribution in [0.2, 0.25) is 0 Å². The molecule has 0 unspecified atom stereocenters. The van der Waals surface area contributed by atoms with E-state index in [4.69, 9.17) is 0 Å². The highest BCUT2D eigenvalue weighted by molar-refractivity contribution is 6.08. The number of aromatic amines is 1. The van der Waals surface area contributed by atoms with Crippen LogP contribution in [0.5, 0.6) is 0 Å². The van der Waals surface area contributed by atoms with Gasteiger partial charge < -0.3 is 20.4 Å². The number of anilines is 2. The highest BCUT2D eigenvalue weighted by Gasteiger charge is 2.20. The van der Waals surface area contributed by atoms with Gasteiger partial charge in [0, 0.05) is 18.3 Å².